The zero-order valence-corrected chi connectivity index (χ0v) is 6.33. The largest absolute Gasteiger partial charge is 0.410 e. The van der Waals surface area contributed by atoms with Gasteiger partial charge in [-0.1, -0.05) is 5.16 Å². The standard InChI is InChI=1S/C8H4F2N2O/c9-5-1-2-7(10)6(3-5)8(4-11)12-13/h1-3,13H/b12-8-. The van der Waals surface area contributed by atoms with Crippen molar-refractivity contribution in [1.29, 1.82) is 5.26 Å². The van der Waals surface area contributed by atoms with Crippen LogP contribution in [0.3, 0.4) is 0 Å². The topological polar surface area (TPSA) is 56.4 Å². The van der Waals surface area contributed by atoms with E-state index in [0.29, 0.717) is 0 Å². The average Bonchev–Trinajstić information content (AvgIpc) is 2.13. The Bertz CT molecular complexity index is 396. The van der Waals surface area contributed by atoms with E-state index in [0.717, 1.165) is 18.2 Å². The molecule has 0 saturated carbocycles. The highest BCUT2D eigenvalue weighted by atomic mass is 19.1. The van der Waals surface area contributed by atoms with Crippen LogP contribution in [0.1, 0.15) is 5.56 Å². The minimum Gasteiger partial charge on any atom is -0.410 e. The zero-order chi connectivity index (χ0) is 9.84. The van der Waals surface area contributed by atoms with E-state index < -0.39 is 17.3 Å². The molecule has 0 radical (unpaired) electrons. The van der Waals surface area contributed by atoms with Gasteiger partial charge in [-0.2, -0.15) is 5.26 Å². The van der Waals surface area contributed by atoms with Gasteiger partial charge in [-0.3, -0.25) is 0 Å². The third-order valence-corrected chi connectivity index (χ3v) is 1.39. The summed E-state index contributed by atoms with van der Waals surface area (Å²) in [6, 6.07) is 3.98. The summed E-state index contributed by atoms with van der Waals surface area (Å²) in [4.78, 5) is 0. The summed E-state index contributed by atoms with van der Waals surface area (Å²) in [5, 5.41) is 19.2. The monoisotopic (exact) mass is 182 g/mol. The van der Waals surface area contributed by atoms with Crippen LogP contribution in [-0.2, 0) is 0 Å². The normalized spacial score (nSPS) is 11.0. The summed E-state index contributed by atoms with van der Waals surface area (Å²) in [5.74, 6) is -1.51. The zero-order valence-electron chi connectivity index (χ0n) is 6.33. The summed E-state index contributed by atoms with van der Waals surface area (Å²) in [6.07, 6.45) is 0. The second-order valence-electron chi connectivity index (χ2n) is 2.18. The van der Waals surface area contributed by atoms with Crippen molar-refractivity contribution >= 4 is 5.71 Å². The molecule has 0 atom stereocenters. The van der Waals surface area contributed by atoms with E-state index in [9.17, 15) is 8.78 Å². The van der Waals surface area contributed by atoms with Crippen LogP contribution in [0.15, 0.2) is 23.4 Å². The number of halogens is 2. The lowest BCUT2D eigenvalue weighted by Gasteiger charge is -1.97. The van der Waals surface area contributed by atoms with E-state index in [4.69, 9.17) is 10.5 Å². The van der Waals surface area contributed by atoms with Gasteiger partial charge >= 0.3 is 0 Å². The van der Waals surface area contributed by atoms with E-state index in [1.165, 1.54) is 6.07 Å². The number of oxime groups is 1. The Morgan fingerprint density at radius 1 is 1.46 bits per heavy atom. The van der Waals surface area contributed by atoms with Crippen molar-refractivity contribution in [3.63, 3.8) is 0 Å². The number of nitriles is 1. The highest BCUT2D eigenvalue weighted by molar-refractivity contribution is 6.11. The van der Waals surface area contributed by atoms with E-state index in [-0.39, 0.29) is 5.56 Å². The second-order valence-corrected chi connectivity index (χ2v) is 2.18. The van der Waals surface area contributed by atoms with Gasteiger partial charge in [-0.15, -0.1) is 0 Å². The summed E-state index contributed by atoms with van der Waals surface area (Å²) in [7, 11) is 0. The SMILES string of the molecule is N#C/C(=N/O)c1cc(F)ccc1F. The molecule has 0 fully saturated rings. The number of nitrogens with zero attached hydrogens (tertiary/aromatic N) is 2. The van der Waals surface area contributed by atoms with Crippen LogP contribution in [0.5, 0.6) is 0 Å². The third kappa shape index (κ3) is 1.79. The van der Waals surface area contributed by atoms with Crippen molar-refractivity contribution in [1.82, 2.24) is 0 Å². The first-order chi connectivity index (χ1) is 6.19. The molecule has 0 unspecified atom stereocenters. The predicted molar refractivity (Wildman–Crippen MR) is 40.3 cm³/mol. The Kier molecular flexibility index (Phi) is 2.55. The van der Waals surface area contributed by atoms with Gasteiger partial charge in [-0.05, 0) is 18.2 Å². The smallest absolute Gasteiger partial charge is 0.189 e. The molecule has 0 saturated heterocycles. The average molecular weight is 182 g/mol. The fraction of sp³-hybridized carbons (Fsp3) is 0. The van der Waals surface area contributed by atoms with Gasteiger partial charge < -0.3 is 5.21 Å². The first-order valence-electron chi connectivity index (χ1n) is 3.26. The number of hydrogen-bond acceptors (Lipinski definition) is 3. The molecule has 1 aromatic rings. The first-order valence-corrected chi connectivity index (χ1v) is 3.26. The minimum absolute atomic E-state index is 0.356. The van der Waals surface area contributed by atoms with Crippen LogP contribution >= 0.6 is 0 Å². The molecule has 1 rings (SSSR count). The van der Waals surface area contributed by atoms with Crippen molar-refractivity contribution in [2.24, 2.45) is 5.16 Å². The van der Waals surface area contributed by atoms with Gasteiger partial charge in [0.1, 0.15) is 17.7 Å². The van der Waals surface area contributed by atoms with E-state index >= 15 is 0 Å². The Morgan fingerprint density at radius 2 is 2.15 bits per heavy atom. The fourth-order valence-corrected chi connectivity index (χ4v) is 0.815. The number of hydrogen-bond donors (Lipinski definition) is 1. The molecule has 13 heavy (non-hydrogen) atoms. The van der Waals surface area contributed by atoms with Crippen LogP contribution < -0.4 is 0 Å². The molecule has 0 bridgehead atoms. The minimum atomic E-state index is -0.809. The van der Waals surface area contributed by atoms with Gasteiger partial charge in [-0.25, -0.2) is 8.78 Å². The van der Waals surface area contributed by atoms with Crippen molar-refractivity contribution in [2.75, 3.05) is 0 Å². The maximum atomic E-state index is 12.9. The summed E-state index contributed by atoms with van der Waals surface area (Å²) in [6.45, 7) is 0. The van der Waals surface area contributed by atoms with Crippen LogP contribution in [0.25, 0.3) is 0 Å². The predicted octanol–water partition coefficient (Wildman–Crippen LogP) is 1.67. The van der Waals surface area contributed by atoms with Gasteiger partial charge in [0.25, 0.3) is 0 Å². The highest BCUT2D eigenvalue weighted by Crippen LogP contribution is 2.10. The summed E-state index contributed by atoms with van der Waals surface area (Å²) < 4.78 is 25.5. The molecule has 0 aliphatic heterocycles. The number of rotatable bonds is 1. The third-order valence-electron chi connectivity index (χ3n) is 1.39. The Hall–Kier alpha value is -1.96. The Labute approximate surface area is 72.5 Å². The number of benzene rings is 1. The lowest BCUT2D eigenvalue weighted by molar-refractivity contribution is 0.320. The molecule has 1 N–H and O–H groups in total. The molecule has 0 spiro atoms. The first kappa shape index (κ1) is 9.13. The maximum Gasteiger partial charge on any atom is 0.189 e. The Morgan fingerprint density at radius 3 is 2.69 bits per heavy atom. The molecule has 3 nitrogen and oxygen atoms in total. The molecular weight excluding hydrogens is 178 g/mol. The quantitative estimate of drug-likeness (QED) is 0.408. The van der Waals surface area contributed by atoms with Gasteiger partial charge in [0, 0.05) is 0 Å². The molecule has 0 aromatic heterocycles. The molecule has 66 valence electrons. The molecule has 1 aromatic carbocycles. The second kappa shape index (κ2) is 3.63. The van der Waals surface area contributed by atoms with E-state index in [2.05, 4.69) is 5.16 Å². The van der Waals surface area contributed by atoms with Gasteiger partial charge in [0.05, 0.1) is 5.56 Å². The summed E-state index contributed by atoms with van der Waals surface area (Å²) >= 11 is 0. The van der Waals surface area contributed by atoms with Crippen LogP contribution in [0, 0.1) is 23.0 Å². The lowest BCUT2D eigenvalue weighted by Crippen LogP contribution is -2.01. The Balaban J connectivity index is 3.30. The van der Waals surface area contributed by atoms with E-state index in [1.54, 1.807) is 0 Å². The molecule has 0 amide bonds. The van der Waals surface area contributed by atoms with Gasteiger partial charge in [0.15, 0.2) is 5.71 Å². The molecular formula is C8H4F2N2O. The van der Waals surface area contributed by atoms with Crippen LogP contribution in [0.2, 0.25) is 0 Å². The van der Waals surface area contributed by atoms with Crippen molar-refractivity contribution in [2.45, 2.75) is 0 Å². The molecule has 0 heterocycles. The molecule has 5 heteroatoms. The van der Waals surface area contributed by atoms with Crippen molar-refractivity contribution in [3.05, 3.63) is 35.4 Å². The molecule has 0 aliphatic rings. The fourth-order valence-electron chi connectivity index (χ4n) is 0.815. The van der Waals surface area contributed by atoms with E-state index in [1.807, 2.05) is 0 Å². The van der Waals surface area contributed by atoms with Crippen molar-refractivity contribution < 1.29 is 14.0 Å². The van der Waals surface area contributed by atoms with Crippen molar-refractivity contribution in [3.8, 4) is 6.07 Å². The molecule has 0 aliphatic carbocycles. The summed E-state index contributed by atoms with van der Waals surface area (Å²) in [5.41, 5.74) is -0.915. The van der Waals surface area contributed by atoms with Gasteiger partial charge in [0.2, 0.25) is 0 Å². The highest BCUT2D eigenvalue weighted by Gasteiger charge is 2.10. The van der Waals surface area contributed by atoms with Crippen LogP contribution in [-0.4, -0.2) is 10.9 Å². The maximum absolute atomic E-state index is 12.9. The van der Waals surface area contributed by atoms with Crippen LogP contribution in [0.4, 0.5) is 8.78 Å². The lowest BCUT2D eigenvalue weighted by atomic mass is 10.1.